The summed E-state index contributed by atoms with van der Waals surface area (Å²) in [5.74, 6) is 1.44. The van der Waals surface area contributed by atoms with Crippen LogP contribution >= 0.6 is 0 Å². The van der Waals surface area contributed by atoms with E-state index in [0.29, 0.717) is 42.2 Å². The third-order valence-electron chi connectivity index (χ3n) is 13.6. The van der Waals surface area contributed by atoms with Crippen molar-refractivity contribution in [3.05, 3.63) is 95.1 Å². The van der Waals surface area contributed by atoms with E-state index in [4.69, 9.17) is 35.3 Å². The second-order valence-electron chi connectivity index (χ2n) is 21.7. The van der Waals surface area contributed by atoms with Crippen molar-refractivity contribution in [2.75, 3.05) is 76.2 Å². The summed E-state index contributed by atoms with van der Waals surface area (Å²) in [5.41, 5.74) is 14.0. The van der Waals surface area contributed by atoms with Crippen molar-refractivity contribution in [2.24, 2.45) is 29.3 Å². The molecule has 0 aromatic heterocycles. The first-order valence-corrected chi connectivity index (χ1v) is 29.4. The molecule has 0 unspecified atom stereocenters. The number of hydrazine groups is 1. The molecule has 3 atom stereocenters. The summed E-state index contributed by atoms with van der Waals surface area (Å²) in [6.07, 6.45) is 0.0999. The normalized spacial score (nSPS) is 13.9. The Balaban J connectivity index is 1.11. The Morgan fingerprint density at radius 2 is 1.26 bits per heavy atom. The zero-order valence-corrected chi connectivity index (χ0v) is 50.9. The summed E-state index contributed by atoms with van der Waals surface area (Å²) in [5, 5.41) is 17.1. The number of carbonyl (C=O) groups excluding carboxylic acids is 9. The molecule has 1 heterocycles. The maximum atomic E-state index is 13.9. The van der Waals surface area contributed by atoms with Crippen molar-refractivity contribution in [3.8, 4) is 0 Å². The fourth-order valence-corrected chi connectivity index (χ4v) is 9.05. The Labute approximate surface area is 504 Å². The van der Waals surface area contributed by atoms with Gasteiger partial charge in [0.15, 0.2) is 5.78 Å². The summed E-state index contributed by atoms with van der Waals surface area (Å²) >= 11 is 0. The van der Waals surface area contributed by atoms with E-state index in [9.17, 15) is 43.2 Å². The summed E-state index contributed by atoms with van der Waals surface area (Å²) < 4.78 is 27.6. The van der Waals surface area contributed by atoms with E-state index in [1.807, 2.05) is 62.4 Å². The molecular formula is C62H90N10O14. The smallest absolute Gasteiger partial charge is 0.312 e. The number of ether oxygens (including phenoxy) is 5. The molecule has 0 saturated heterocycles. The Bertz CT molecular complexity index is 2740. The van der Waals surface area contributed by atoms with E-state index < -0.39 is 53.5 Å². The predicted molar refractivity (Wildman–Crippen MR) is 325 cm³/mol. The molecule has 0 saturated carbocycles. The van der Waals surface area contributed by atoms with Gasteiger partial charge in [-0.3, -0.25) is 39.4 Å². The average Bonchev–Trinajstić information content (AvgIpc) is 2.36. The lowest BCUT2D eigenvalue weighted by Crippen LogP contribution is -2.53. The van der Waals surface area contributed by atoms with Gasteiger partial charge in [0.1, 0.15) is 18.4 Å². The van der Waals surface area contributed by atoms with Gasteiger partial charge in [-0.2, -0.15) is 0 Å². The van der Waals surface area contributed by atoms with E-state index in [1.54, 1.807) is 56.9 Å². The molecular weight excluding hydrogens is 1110 g/mol. The van der Waals surface area contributed by atoms with Crippen LogP contribution in [0.15, 0.2) is 72.8 Å². The molecule has 24 nitrogen and oxygen atoms in total. The van der Waals surface area contributed by atoms with Crippen LogP contribution in [0.25, 0.3) is 11.4 Å². The van der Waals surface area contributed by atoms with Crippen molar-refractivity contribution < 1.29 is 66.8 Å². The number of primary amides is 1. The van der Waals surface area contributed by atoms with Gasteiger partial charge in [-0.1, -0.05) is 82.3 Å². The molecule has 0 spiro atoms. The molecule has 1 aliphatic heterocycles. The topological polar surface area (TPSA) is 339 Å². The van der Waals surface area contributed by atoms with Crippen LogP contribution in [0.1, 0.15) is 122 Å². The number of hydrogen-bond donors (Lipinski definition) is 9. The highest BCUT2D eigenvalue weighted by Crippen LogP contribution is 2.36. The SMILES string of the molecule is CC(=O)CC[C@@H](NC(=O)CCOCCOCCOCCOCCNC(=O)CCC(=O)N1Cc2ccccc2/C(NC(C)C)=C(/NN)c2ccccc21)C(=O)N[C@H](C(=O)C[C@@H](CCCNC(N)=O)C(=O)Nc1ccc(COC(=O)C(C)C)cc1)C(C)C. The number of ketones is 2. The molecule has 11 N–H and O–H groups in total. The quantitative estimate of drug-likeness (QED) is 0.0163. The first-order valence-electron chi connectivity index (χ1n) is 29.4. The largest absolute Gasteiger partial charge is 0.461 e. The van der Waals surface area contributed by atoms with Gasteiger partial charge in [-0.05, 0) is 75.3 Å². The molecule has 7 amide bonds. The Kier molecular flexibility index (Phi) is 31.5. The van der Waals surface area contributed by atoms with Crippen molar-refractivity contribution >= 4 is 75.9 Å². The summed E-state index contributed by atoms with van der Waals surface area (Å²) in [6.45, 7) is 15.0. The number of urea groups is 1. The Morgan fingerprint density at radius 1 is 0.628 bits per heavy atom. The minimum absolute atomic E-state index is 0.00463. The lowest BCUT2D eigenvalue weighted by atomic mass is 9.89. The minimum Gasteiger partial charge on any atom is -0.461 e. The van der Waals surface area contributed by atoms with Gasteiger partial charge in [0.05, 0.1) is 88.4 Å². The number of benzene rings is 3. The number of Topliss-reactive ketones (excluding diaryl/α,β-unsaturated/α-hetero) is 2. The van der Waals surface area contributed by atoms with Crippen molar-refractivity contribution in [1.29, 1.82) is 0 Å². The lowest BCUT2D eigenvalue weighted by molar-refractivity contribution is -0.148. The number of nitrogens with one attached hydrogen (secondary N) is 7. The van der Waals surface area contributed by atoms with Crippen LogP contribution in [0.3, 0.4) is 0 Å². The Morgan fingerprint density at radius 3 is 1.87 bits per heavy atom. The number of rotatable bonds is 40. The summed E-state index contributed by atoms with van der Waals surface area (Å²) in [7, 11) is 0. The zero-order valence-electron chi connectivity index (χ0n) is 50.9. The molecule has 472 valence electrons. The maximum absolute atomic E-state index is 13.9. The number of esters is 1. The number of para-hydroxylation sites is 1. The van der Waals surface area contributed by atoms with Crippen LogP contribution in [0, 0.1) is 17.8 Å². The van der Waals surface area contributed by atoms with E-state index in [-0.39, 0.29) is 146 Å². The Hall–Kier alpha value is -7.77. The van der Waals surface area contributed by atoms with Gasteiger partial charge in [0.2, 0.25) is 29.5 Å². The van der Waals surface area contributed by atoms with Crippen molar-refractivity contribution in [1.82, 2.24) is 32.0 Å². The molecule has 0 bridgehead atoms. The van der Waals surface area contributed by atoms with Crippen LogP contribution in [-0.2, 0) is 75.2 Å². The van der Waals surface area contributed by atoms with E-state index in [1.165, 1.54) is 6.92 Å². The standard InChI is InChI=1S/C62H90N10O14/c1-40(2)56(52(74)37-45(14-12-27-66-62(63)81)59(78)68-47-21-19-44(20-22-47)39-86-61(80)41(3)4)70-60(79)50(23-18-43(7)73)69-54(76)26-29-82-31-33-84-35-36-85-34-32-83-30-28-65-53(75)24-25-55(77)72-38-46-13-8-9-15-48(46)57(67-42(5)6)58(71-64)49-16-10-11-17-51(49)72/h8-11,13,15-17,19-22,40-42,45,50,56,67,71H,12,14,18,23-39,64H2,1-7H3,(H,65,75)(H,68,78)(H,69,76)(H,70,79)(H3,63,66,81)/b58-57-/t45-,50-,56+/m1/s1. The molecule has 4 rings (SSSR count). The highest BCUT2D eigenvalue weighted by Gasteiger charge is 2.33. The number of anilines is 2. The monoisotopic (exact) mass is 1200 g/mol. The second-order valence-corrected chi connectivity index (χ2v) is 21.7. The van der Waals surface area contributed by atoms with Crippen LogP contribution in [0.5, 0.6) is 0 Å². The van der Waals surface area contributed by atoms with Crippen LogP contribution in [0.4, 0.5) is 16.2 Å². The highest BCUT2D eigenvalue weighted by molar-refractivity contribution is 6.02. The number of carbonyl (C=O) groups is 9. The van der Waals surface area contributed by atoms with E-state index >= 15 is 0 Å². The van der Waals surface area contributed by atoms with Crippen LogP contribution in [-0.4, -0.2) is 137 Å². The van der Waals surface area contributed by atoms with E-state index in [0.717, 1.165) is 22.4 Å². The van der Waals surface area contributed by atoms with Gasteiger partial charge >= 0.3 is 12.0 Å². The highest BCUT2D eigenvalue weighted by atomic mass is 16.6. The van der Waals surface area contributed by atoms with Gasteiger partial charge in [-0.25, -0.2) is 4.79 Å². The third kappa shape index (κ3) is 25.4. The zero-order chi connectivity index (χ0) is 63.0. The summed E-state index contributed by atoms with van der Waals surface area (Å²) in [4.78, 5) is 118. The molecule has 3 aromatic carbocycles. The molecule has 0 radical (unpaired) electrons. The lowest BCUT2D eigenvalue weighted by Gasteiger charge is -2.31. The van der Waals surface area contributed by atoms with Gasteiger partial charge in [0.25, 0.3) is 0 Å². The van der Waals surface area contributed by atoms with Gasteiger partial charge < -0.3 is 76.4 Å². The van der Waals surface area contributed by atoms with Crippen molar-refractivity contribution in [2.45, 2.75) is 131 Å². The fraction of sp³-hybridized carbons (Fsp3) is 0.532. The van der Waals surface area contributed by atoms with Crippen molar-refractivity contribution in [3.63, 3.8) is 0 Å². The minimum atomic E-state index is -1.15. The molecule has 0 aliphatic carbocycles. The average molecular weight is 1200 g/mol. The molecule has 1 aliphatic rings. The number of fused-ring (bicyclic) bond motifs is 2. The predicted octanol–water partition coefficient (Wildman–Crippen LogP) is 4.53. The molecule has 3 aromatic rings. The number of hydrogen-bond acceptors (Lipinski definition) is 17. The van der Waals surface area contributed by atoms with E-state index in [2.05, 4.69) is 37.3 Å². The number of nitrogens with zero attached hydrogens (tertiary/aromatic N) is 1. The molecule has 86 heavy (non-hydrogen) atoms. The maximum Gasteiger partial charge on any atom is 0.312 e. The fourth-order valence-electron chi connectivity index (χ4n) is 9.05. The van der Waals surface area contributed by atoms with Gasteiger partial charge in [0, 0.05) is 74.0 Å². The first kappa shape index (κ1) is 70.7. The number of amides is 7. The molecule has 24 heteroatoms. The van der Waals surface area contributed by atoms with Gasteiger partial charge in [-0.15, -0.1) is 0 Å². The second kappa shape index (κ2) is 38.3. The van der Waals surface area contributed by atoms with Crippen LogP contribution < -0.4 is 53.8 Å². The van der Waals surface area contributed by atoms with Crippen LogP contribution in [0.2, 0.25) is 0 Å². The first-order chi connectivity index (χ1) is 41.2. The summed E-state index contributed by atoms with van der Waals surface area (Å²) in [6, 6.07) is 19.3. The third-order valence-corrected chi connectivity index (χ3v) is 13.6. The number of nitrogens with two attached hydrogens (primary N) is 2. The molecule has 0 fully saturated rings.